The molecule has 1 heterocycles. The van der Waals surface area contributed by atoms with E-state index >= 15 is 0 Å². The van der Waals surface area contributed by atoms with Crippen LogP contribution in [0.4, 0.5) is 0 Å². The zero-order valence-corrected chi connectivity index (χ0v) is 24.8. The summed E-state index contributed by atoms with van der Waals surface area (Å²) in [7, 11) is 0. The summed E-state index contributed by atoms with van der Waals surface area (Å²) in [5.74, 6) is 0.508. The summed E-state index contributed by atoms with van der Waals surface area (Å²) >= 11 is 0. The predicted octanol–water partition coefficient (Wildman–Crippen LogP) is 11.8. The third-order valence-corrected chi connectivity index (χ3v) is 8.99. The molecule has 0 aliphatic heterocycles. The van der Waals surface area contributed by atoms with Gasteiger partial charge in [-0.1, -0.05) is 122 Å². The van der Waals surface area contributed by atoms with E-state index in [0.29, 0.717) is 5.92 Å². The maximum Gasteiger partial charge on any atom is 0.0537 e. The molecule has 1 aliphatic rings. The van der Waals surface area contributed by atoms with Crippen molar-refractivity contribution in [1.29, 1.82) is 0 Å². The van der Waals surface area contributed by atoms with Crippen molar-refractivity contribution < 1.29 is 0 Å². The van der Waals surface area contributed by atoms with E-state index in [9.17, 15) is 0 Å². The maximum atomic E-state index is 2.44. The van der Waals surface area contributed by atoms with E-state index < -0.39 is 0 Å². The predicted molar refractivity (Wildman–Crippen MR) is 187 cm³/mol. The van der Waals surface area contributed by atoms with Gasteiger partial charge in [0.1, 0.15) is 0 Å². The number of rotatable bonds is 5. The number of hydrogen-bond acceptors (Lipinski definition) is 0. The summed E-state index contributed by atoms with van der Waals surface area (Å²) in [6.07, 6.45) is 5.72. The van der Waals surface area contributed by atoms with Crippen molar-refractivity contribution >= 4 is 17.0 Å². The Bertz CT molecular complexity index is 2090. The standard InChI is InChI=1S/C43H33N/c1-30-13-10-24-42-43(30)40-22-8-9-23-41(40)44(42)39-21-12-20-35(29-39)33-18-11-19-34(25-33)38-27-36(31-14-4-2-5-15-31)26-37(28-38)32-16-6-3-7-17-32/h2-12,14-30H,13H2,1H3. The number of fused-ring (bicyclic) bond motifs is 3. The van der Waals surface area contributed by atoms with Crippen molar-refractivity contribution in [3.8, 4) is 50.2 Å². The van der Waals surface area contributed by atoms with Crippen LogP contribution in [0.2, 0.25) is 0 Å². The molecule has 44 heavy (non-hydrogen) atoms. The van der Waals surface area contributed by atoms with E-state index in [1.54, 1.807) is 0 Å². The molecule has 210 valence electrons. The van der Waals surface area contributed by atoms with Crippen LogP contribution < -0.4 is 0 Å². The third-order valence-electron chi connectivity index (χ3n) is 8.99. The van der Waals surface area contributed by atoms with Gasteiger partial charge in [0.05, 0.1) is 5.52 Å². The topological polar surface area (TPSA) is 4.93 Å². The summed E-state index contributed by atoms with van der Waals surface area (Å²) < 4.78 is 2.44. The average molecular weight is 564 g/mol. The Morgan fingerprint density at radius 3 is 1.66 bits per heavy atom. The largest absolute Gasteiger partial charge is 0.310 e. The SMILES string of the molecule is CC1CC=Cc2c1c1ccccc1n2-c1cccc(-c2cccc(-c3cc(-c4ccccc4)cc(-c4ccccc4)c3)c2)c1. The van der Waals surface area contributed by atoms with Crippen LogP contribution in [0.15, 0.2) is 158 Å². The molecule has 0 radical (unpaired) electrons. The van der Waals surface area contributed by atoms with Gasteiger partial charge in [0.25, 0.3) is 0 Å². The van der Waals surface area contributed by atoms with E-state index in [0.717, 1.165) is 6.42 Å². The lowest BCUT2D eigenvalue weighted by Gasteiger charge is -2.17. The molecular weight excluding hydrogens is 530 g/mol. The first-order chi connectivity index (χ1) is 21.7. The summed E-state index contributed by atoms with van der Waals surface area (Å²) in [6, 6.07) is 55.1. The Morgan fingerprint density at radius 1 is 0.477 bits per heavy atom. The summed E-state index contributed by atoms with van der Waals surface area (Å²) in [6.45, 7) is 2.34. The van der Waals surface area contributed by atoms with Gasteiger partial charge in [-0.25, -0.2) is 0 Å². The molecule has 6 aromatic carbocycles. The lowest BCUT2D eigenvalue weighted by molar-refractivity contribution is 0.773. The van der Waals surface area contributed by atoms with Gasteiger partial charge in [-0.3, -0.25) is 0 Å². The van der Waals surface area contributed by atoms with Crippen molar-refractivity contribution in [1.82, 2.24) is 4.57 Å². The quantitative estimate of drug-likeness (QED) is 0.196. The molecule has 0 fully saturated rings. The second kappa shape index (κ2) is 11.0. The Morgan fingerprint density at radius 2 is 0.977 bits per heavy atom. The highest BCUT2D eigenvalue weighted by molar-refractivity contribution is 5.91. The second-order valence-corrected chi connectivity index (χ2v) is 11.9. The van der Waals surface area contributed by atoms with E-state index in [4.69, 9.17) is 0 Å². The normalized spacial score (nSPS) is 14.1. The third kappa shape index (κ3) is 4.68. The van der Waals surface area contributed by atoms with Gasteiger partial charge in [-0.05, 0) is 111 Å². The summed E-state index contributed by atoms with van der Waals surface area (Å²) in [5.41, 5.74) is 15.0. The van der Waals surface area contributed by atoms with Crippen LogP contribution in [0.25, 0.3) is 67.2 Å². The molecule has 1 aromatic heterocycles. The molecule has 7 aromatic rings. The molecule has 0 bridgehead atoms. The van der Waals surface area contributed by atoms with Crippen molar-refractivity contribution in [3.05, 3.63) is 169 Å². The van der Waals surface area contributed by atoms with E-state index in [2.05, 4.69) is 175 Å². The highest BCUT2D eigenvalue weighted by Gasteiger charge is 2.22. The zero-order chi connectivity index (χ0) is 29.5. The number of hydrogen-bond donors (Lipinski definition) is 0. The van der Waals surface area contributed by atoms with Crippen molar-refractivity contribution in [2.24, 2.45) is 0 Å². The lowest BCUT2D eigenvalue weighted by Crippen LogP contribution is -2.03. The maximum absolute atomic E-state index is 2.44. The van der Waals surface area contributed by atoms with Gasteiger partial charge in [-0.2, -0.15) is 0 Å². The minimum absolute atomic E-state index is 0.508. The van der Waals surface area contributed by atoms with Gasteiger partial charge >= 0.3 is 0 Å². The van der Waals surface area contributed by atoms with Crippen LogP contribution in [0.3, 0.4) is 0 Å². The van der Waals surface area contributed by atoms with Gasteiger partial charge in [-0.15, -0.1) is 0 Å². The van der Waals surface area contributed by atoms with Crippen LogP contribution in [0.5, 0.6) is 0 Å². The summed E-state index contributed by atoms with van der Waals surface area (Å²) in [5, 5.41) is 1.36. The van der Waals surface area contributed by atoms with Gasteiger partial charge in [0.15, 0.2) is 0 Å². The van der Waals surface area contributed by atoms with Crippen molar-refractivity contribution in [3.63, 3.8) is 0 Å². The molecule has 0 saturated carbocycles. The Labute approximate surface area is 259 Å². The van der Waals surface area contributed by atoms with E-state index in [-0.39, 0.29) is 0 Å². The van der Waals surface area contributed by atoms with Gasteiger partial charge in [0.2, 0.25) is 0 Å². The average Bonchev–Trinajstić information content (AvgIpc) is 3.44. The first kappa shape index (κ1) is 26.2. The molecule has 0 spiro atoms. The first-order valence-electron chi connectivity index (χ1n) is 15.5. The molecule has 1 atom stereocenters. The fraction of sp³-hybridized carbons (Fsp3) is 0.0698. The molecule has 1 aliphatic carbocycles. The van der Waals surface area contributed by atoms with Crippen LogP contribution in [0, 0.1) is 0 Å². The minimum atomic E-state index is 0.508. The van der Waals surface area contributed by atoms with Crippen molar-refractivity contribution in [2.45, 2.75) is 19.3 Å². The zero-order valence-electron chi connectivity index (χ0n) is 24.8. The first-order valence-corrected chi connectivity index (χ1v) is 15.5. The number of benzene rings is 6. The number of aromatic nitrogens is 1. The molecular formula is C43H33N. The molecule has 8 rings (SSSR count). The monoisotopic (exact) mass is 563 g/mol. The Kier molecular flexibility index (Phi) is 6.57. The molecule has 0 N–H and O–H groups in total. The lowest BCUT2D eigenvalue weighted by atomic mass is 9.91. The van der Waals surface area contributed by atoms with Gasteiger partial charge < -0.3 is 4.57 Å². The summed E-state index contributed by atoms with van der Waals surface area (Å²) in [4.78, 5) is 0. The minimum Gasteiger partial charge on any atom is -0.310 e. The van der Waals surface area contributed by atoms with Crippen LogP contribution >= 0.6 is 0 Å². The number of allylic oxidation sites excluding steroid dienone is 1. The molecule has 0 amide bonds. The van der Waals surface area contributed by atoms with Crippen LogP contribution in [-0.2, 0) is 0 Å². The number of para-hydroxylation sites is 1. The molecule has 1 heteroatoms. The molecule has 1 unspecified atom stereocenters. The highest BCUT2D eigenvalue weighted by Crippen LogP contribution is 2.40. The van der Waals surface area contributed by atoms with E-state index in [1.165, 1.54) is 72.4 Å². The van der Waals surface area contributed by atoms with Crippen molar-refractivity contribution in [2.75, 3.05) is 0 Å². The fourth-order valence-electron chi connectivity index (χ4n) is 6.84. The van der Waals surface area contributed by atoms with Gasteiger partial charge in [0, 0.05) is 16.8 Å². The number of nitrogens with zero attached hydrogens (tertiary/aromatic N) is 1. The molecule has 1 nitrogen and oxygen atoms in total. The van der Waals surface area contributed by atoms with Crippen LogP contribution in [0.1, 0.15) is 30.5 Å². The second-order valence-electron chi connectivity index (χ2n) is 11.9. The highest BCUT2D eigenvalue weighted by atomic mass is 15.0. The Balaban J connectivity index is 1.24. The smallest absolute Gasteiger partial charge is 0.0537 e. The molecule has 0 saturated heterocycles. The fourth-order valence-corrected chi connectivity index (χ4v) is 6.84. The van der Waals surface area contributed by atoms with Crippen LogP contribution in [-0.4, -0.2) is 4.57 Å². The Hall–Kier alpha value is -5.40. The van der Waals surface area contributed by atoms with E-state index in [1.807, 2.05) is 0 Å².